The first-order valence-corrected chi connectivity index (χ1v) is 28.1. The molecule has 2 unspecified atom stereocenters. The van der Waals surface area contributed by atoms with Crippen molar-refractivity contribution in [1.29, 1.82) is 0 Å². The Morgan fingerprint density at radius 2 is 1.08 bits per heavy atom. The second kappa shape index (κ2) is 25.6. The van der Waals surface area contributed by atoms with Gasteiger partial charge in [0.1, 0.15) is 11.4 Å². The van der Waals surface area contributed by atoms with Crippen LogP contribution >= 0.6 is 22.7 Å². The van der Waals surface area contributed by atoms with Crippen molar-refractivity contribution in [3.05, 3.63) is 45.4 Å². The Kier molecular flexibility index (Phi) is 20.4. The number of esters is 2. The van der Waals surface area contributed by atoms with Crippen LogP contribution in [0.5, 0.6) is 0 Å². The highest BCUT2D eigenvalue weighted by atomic mass is 32.2. The zero-order chi connectivity index (χ0) is 53.7. The number of azo groups is 2. The van der Waals surface area contributed by atoms with Crippen molar-refractivity contribution in [3.8, 4) is 0 Å². The maximum atomic E-state index is 13.1. The highest BCUT2D eigenvalue weighted by Crippen LogP contribution is 2.43. The summed E-state index contributed by atoms with van der Waals surface area (Å²) in [4.78, 5) is 28.2. The van der Waals surface area contributed by atoms with Gasteiger partial charge < -0.3 is 19.3 Å². The van der Waals surface area contributed by atoms with E-state index < -0.39 is 49.4 Å². The predicted octanol–water partition coefficient (Wildman–Crippen LogP) is 11.5. The van der Waals surface area contributed by atoms with Crippen molar-refractivity contribution in [2.45, 2.75) is 130 Å². The van der Waals surface area contributed by atoms with Gasteiger partial charge in [-0.3, -0.25) is 9.44 Å². The highest BCUT2D eigenvalue weighted by Gasteiger charge is 2.46. The molecule has 0 fully saturated rings. The Morgan fingerprint density at radius 1 is 0.658 bits per heavy atom. The van der Waals surface area contributed by atoms with E-state index in [-0.39, 0.29) is 68.3 Å². The van der Waals surface area contributed by atoms with Crippen LogP contribution in [0.3, 0.4) is 0 Å². The fraction of sp³-hybridized carbons (Fsp3) is 0.581. The minimum Gasteiger partial charge on any atom is -0.460 e. The molecule has 2 aliphatic rings. The van der Waals surface area contributed by atoms with Crippen LogP contribution in [0.4, 0.5) is 70.7 Å². The molecule has 0 amide bonds. The normalized spacial score (nSPS) is 16.2. The van der Waals surface area contributed by atoms with Crippen molar-refractivity contribution < 1.29 is 62.2 Å². The summed E-state index contributed by atoms with van der Waals surface area (Å²) < 4.78 is 140. The zero-order valence-corrected chi connectivity index (χ0v) is 44.0. The van der Waals surface area contributed by atoms with Crippen LogP contribution in [0.1, 0.15) is 124 Å². The minimum atomic E-state index is -5.70. The van der Waals surface area contributed by atoms with Crippen molar-refractivity contribution in [1.82, 2.24) is 20.4 Å². The highest BCUT2D eigenvalue weighted by molar-refractivity contribution is 7.93. The maximum absolute atomic E-state index is 13.1. The average Bonchev–Trinajstić information content (AvgIpc) is 4.01. The van der Waals surface area contributed by atoms with E-state index in [2.05, 4.69) is 45.8 Å². The van der Waals surface area contributed by atoms with Crippen LogP contribution in [-0.4, -0.2) is 105 Å². The predicted molar refractivity (Wildman–Crippen MR) is 264 cm³/mol. The summed E-state index contributed by atoms with van der Waals surface area (Å²) in [5.74, 6) is -3.35. The van der Waals surface area contributed by atoms with Crippen molar-refractivity contribution in [3.63, 3.8) is 0 Å². The van der Waals surface area contributed by atoms with Crippen molar-refractivity contribution in [2.24, 2.45) is 20.5 Å². The third-order valence-electron chi connectivity index (χ3n) is 11.3. The summed E-state index contributed by atoms with van der Waals surface area (Å²) in [7, 11) is -10.5. The van der Waals surface area contributed by atoms with Gasteiger partial charge >= 0.3 is 33.6 Å². The van der Waals surface area contributed by atoms with E-state index in [1.165, 1.54) is 18.2 Å². The van der Waals surface area contributed by atoms with E-state index in [9.17, 15) is 52.8 Å². The van der Waals surface area contributed by atoms with E-state index in [4.69, 9.17) is 9.47 Å². The van der Waals surface area contributed by atoms with Gasteiger partial charge in [0.05, 0.1) is 24.6 Å². The van der Waals surface area contributed by atoms with Crippen LogP contribution in [-0.2, 0) is 42.4 Å². The number of alkyl halides is 6. The van der Waals surface area contributed by atoms with Gasteiger partial charge in [-0.2, -0.15) is 34.8 Å². The van der Waals surface area contributed by atoms with Gasteiger partial charge in [0, 0.05) is 36.5 Å². The number of fused-ring (bicyclic) bond motifs is 2. The van der Waals surface area contributed by atoms with Gasteiger partial charge in [-0.15, -0.1) is 40.9 Å². The summed E-state index contributed by atoms with van der Waals surface area (Å²) in [6, 6.07) is 6.39. The summed E-state index contributed by atoms with van der Waals surface area (Å²) in [5, 5.41) is 30.7. The second-order valence-electron chi connectivity index (χ2n) is 16.5. The number of unbranched alkanes of at least 4 members (excludes halogenated alkanes) is 2. The molecular formula is C43H56F6N12O8S4. The third kappa shape index (κ3) is 15.9. The number of hydrogen-bond donors (Lipinski definition) is 2. The number of rotatable bonds is 21. The minimum absolute atomic E-state index is 0.00509. The molecule has 0 radical (unpaired) electrons. The fourth-order valence-corrected chi connectivity index (χ4v) is 10.5. The summed E-state index contributed by atoms with van der Waals surface area (Å²) in [6.07, 6.45) is 2.92. The Morgan fingerprint density at radius 3 is 1.45 bits per heavy atom. The molecule has 0 saturated heterocycles. The number of sulfonamides is 2. The molecule has 73 heavy (non-hydrogen) atoms. The summed E-state index contributed by atoms with van der Waals surface area (Å²) >= 11 is 1.62. The van der Waals surface area contributed by atoms with E-state index >= 15 is 0 Å². The Hall–Kier alpha value is -5.62. The molecule has 4 heterocycles. The number of nitrogens with zero attached hydrogens (tertiary/aromatic N) is 10. The molecule has 0 saturated carbocycles. The lowest BCUT2D eigenvalue weighted by atomic mass is 9.93. The molecule has 2 aromatic carbocycles. The summed E-state index contributed by atoms with van der Waals surface area (Å²) in [6.45, 7) is 13.6. The molecule has 0 aliphatic carbocycles. The Labute approximate surface area is 426 Å². The number of carbonyl (C=O) groups excluding carboxylic acids is 2. The standard InChI is InChI=1S/C22H29F3N6O4S2.C21H27F3N6O4S2/c1-4-7-10-35-20(32)19-27-29-21(36-19)28-26-16-11-14-8-9-15(5-2)31(6-3)18(14)12-17(16)30-37(33,34)13-22(23,24)25;1-4-7-10-34-19(31)18-26-28-20(35-18)27-25-15-11-13-8-9-14(5-2)30(6-3)17(13)12-16(15)29-36(32,33)21(22,23)24/h11-12,15,30H,4-10,13H2,1-3H3;11-12,14,29H,4-10H2,1-3H3. The van der Waals surface area contributed by atoms with Crippen molar-refractivity contribution in [2.75, 3.05) is 51.3 Å². The number of benzene rings is 2. The van der Waals surface area contributed by atoms with E-state index in [0.717, 1.165) is 78.0 Å². The topological polar surface area (TPSA) is 252 Å². The number of carbonyl (C=O) groups is 2. The van der Waals surface area contributed by atoms with Crippen LogP contribution in [0, 0.1) is 0 Å². The first-order valence-electron chi connectivity index (χ1n) is 23.3. The van der Waals surface area contributed by atoms with Gasteiger partial charge in [0.2, 0.25) is 20.0 Å². The smallest absolute Gasteiger partial charge is 0.460 e. The van der Waals surface area contributed by atoms with E-state index in [1.807, 2.05) is 51.2 Å². The van der Waals surface area contributed by atoms with E-state index in [0.29, 0.717) is 44.5 Å². The Balaban J connectivity index is 0.000000271. The SMILES string of the molecule is CCCCOC(=O)c1nnc(N=Nc2cc3c(cc2NS(=O)(=O)C(F)(F)F)N(CC)C(CC)CC3)s1.CCCCOC(=O)c1nnc(N=Nc2cc3c(cc2NS(=O)(=O)CC(F)(F)F)N(CC)C(CC)CC3)s1. The number of halogens is 6. The molecule has 2 aliphatic heterocycles. The lowest BCUT2D eigenvalue weighted by molar-refractivity contribution is -0.106. The lowest BCUT2D eigenvalue weighted by Gasteiger charge is -2.38. The molecule has 0 spiro atoms. The number of ether oxygens (including phenoxy) is 2. The molecule has 4 aromatic rings. The molecule has 6 rings (SSSR count). The number of nitrogens with one attached hydrogen (secondary N) is 2. The first kappa shape index (κ1) is 58.3. The molecule has 20 nitrogen and oxygen atoms in total. The van der Waals surface area contributed by atoms with Crippen LogP contribution in [0.25, 0.3) is 0 Å². The van der Waals surface area contributed by atoms with Crippen LogP contribution in [0.15, 0.2) is 44.7 Å². The maximum Gasteiger partial charge on any atom is 0.516 e. The molecule has 0 bridgehead atoms. The lowest BCUT2D eigenvalue weighted by Crippen LogP contribution is -2.39. The van der Waals surface area contributed by atoms with Crippen LogP contribution in [0.2, 0.25) is 0 Å². The molecule has 402 valence electrons. The zero-order valence-electron chi connectivity index (χ0n) is 40.7. The first-order chi connectivity index (χ1) is 34.5. The molecule has 30 heteroatoms. The molecule has 2 aromatic heterocycles. The fourth-order valence-electron chi connectivity index (χ4n) is 7.79. The second-order valence-corrected chi connectivity index (χ2v) is 21.8. The molecule has 2 N–H and O–H groups in total. The monoisotopic (exact) mass is 1110 g/mol. The summed E-state index contributed by atoms with van der Waals surface area (Å²) in [5.41, 5.74) is -3.05. The largest absolute Gasteiger partial charge is 0.516 e. The van der Waals surface area contributed by atoms with Gasteiger partial charge in [0.25, 0.3) is 10.3 Å². The van der Waals surface area contributed by atoms with Gasteiger partial charge in [-0.25, -0.2) is 18.0 Å². The number of hydrogen-bond acceptors (Lipinski definition) is 20. The van der Waals surface area contributed by atoms with Gasteiger partial charge in [-0.1, -0.05) is 63.2 Å². The number of aryl methyl sites for hydroxylation is 2. The average molecular weight is 1110 g/mol. The molecule has 2 atom stereocenters. The van der Waals surface area contributed by atoms with E-state index in [1.54, 1.807) is 10.8 Å². The number of anilines is 4. The molecular weight excluding hydrogens is 1050 g/mol. The van der Waals surface area contributed by atoms with Crippen molar-refractivity contribution >= 4 is 99.0 Å². The number of aromatic nitrogens is 4. The Bertz CT molecular complexity index is 2830. The van der Waals surface area contributed by atoms with Crippen LogP contribution < -0.4 is 19.2 Å². The third-order valence-corrected chi connectivity index (χ3v) is 15.2. The quantitative estimate of drug-likeness (QED) is 0.0341. The van der Waals surface area contributed by atoms with Gasteiger partial charge in [0.15, 0.2) is 5.75 Å². The van der Waals surface area contributed by atoms with Gasteiger partial charge in [-0.05, 0) is 101 Å².